The van der Waals surface area contributed by atoms with Crippen molar-refractivity contribution in [3.63, 3.8) is 0 Å². The van der Waals surface area contributed by atoms with Crippen LogP contribution in [0, 0.1) is 0 Å². The highest BCUT2D eigenvalue weighted by molar-refractivity contribution is 5.89. The topological polar surface area (TPSA) is 55.1 Å². The Balaban J connectivity index is 1.95. The minimum Gasteiger partial charge on any atom is -0.478 e. The monoisotopic (exact) mass is 278 g/mol. The zero-order valence-corrected chi connectivity index (χ0v) is 11.4. The Morgan fingerprint density at radius 1 is 1.14 bits per heavy atom. The van der Waals surface area contributed by atoms with E-state index in [9.17, 15) is 4.79 Å². The van der Waals surface area contributed by atoms with Crippen molar-refractivity contribution in [1.82, 2.24) is 9.55 Å². The van der Waals surface area contributed by atoms with Crippen molar-refractivity contribution >= 4 is 17.0 Å². The summed E-state index contributed by atoms with van der Waals surface area (Å²) in [6.45, 7) is 0. The molecule has 4 rings (SSSR count). The van der Waals surface area contributed by atoms with Crippen LogP contribution in [0.15, 0.2) is 48.5 Å². The molecule has 0 amide bonds. The summed E-state index contributed by atoms with van der Waals surface area (Å²) in [5, 5.41) is 9.16. The van der Waals surface area contributed by atoms with E-state index in [1.807, 2.05) is 24.3 Å². The largest absolute Gasteiger partial charge is 0.478 e. The third-order valence-corrected chi connectivity index (χ3v) is 3.88. The number of hydrogen-bond donors (Lipinski definition) is 1. The molecule has 0 radical (unpaired) electrons. The Hall–Kier alpha value is -2.62. The molecule has 1 aliphatic rings. The highest BCUT2D eigenvalue weighted by Crippen LogP contribution is 2.41. The van der Waals surface area contributed by atoms with E-state index in [2.05, 4.69) is 10.6 Å². The number of para-hydroxylation sites is 2. The van der Waals surface area contributed by atoms with Crippen molar-refractivity contribution < 1.29 is 9.90 Å². The molecular formula is C17H14N2O2. The molecule has 0 atom stereocenters. The molecule has 0 saturated heterocycles. The quantitative estimate of drug-likeness (QED) is 0.794. The van der Waals surface area contributed by atoms with Crippen molar-refractivity contribution in [2.24, 2.45) is 0 Å². The zero-order valence-electron chi connectivity index (χ0n) is 11.4. The van der Waals surface area contributed by atoms with Gasteiger partial charge in [-0.15, -0.1) is 0 Å². The minimum absolute atomic E-state index is 0.293. The maximum atomic E-state index is 11.2. The van der Waals surface area contributed by atoms with Gasteiger partial charge in [0.15, 0.2) is 0 Å². The molecule has 0 bridgehead atoms. The summed E-state index contributed by atoms with van der Waals surface area (Å²) in [6.07, 6.45) is 2.32. The summed E-state index contributed by atoms with van der Waals surface area (Å²) in [5.74, 6) is -0.0484. The Morgan fingerprint density at radius 2 is 1.95 bits per heavy atom. The van der Waals surface area contributed by atoms with Crippen LogP contribution >= 0.6 is 0 Å². The van der Waals surface area contributed by atoms with Crippen LogP contribution in [0.1, 0.15) is 29.2 Å². The summed E-state index contributed by atoms with van der Waals surface area (Å²) in [7, 11) is 0. The van der Waals surface area contributed by atoms with Crippen LogP contribution in [-0.2, 0) is 0 Å². The molecule has 1 heterocycles. The van der Waals surface area contributed by atoms with Crippen molar-refractivity contribution in [3.05, 3.63) is 54.1 Å². The fourth-order valence-electron chi connectivity index (χ4n) is 2.74. The molecule has 1 saturated carbocycles. The van der Waals surface area contributed by atoms with Gasteiger partial charge >= 0.3 is 5.97 Å². The number of hydrogen-bond acceptors (Lipinski definition) is 2. The number of benzene rings is 2. The smallest absolute Gasteiger partial charge is 0.335 e. The molecular weight excluding hydrogens is 264 g/mol. The molecule has 1 fully saturated rings. The highest BCUT2D eigenvalue weighted by atomic mass is 16.4. The molecule has 104 valence electrons. The second kappa shape index (κ2) is 4.45. The molecule has 4 nitrogen and oxygen atoms in total. The van der Waals surface area contributed by atoms with Crippen molar-refractivity contribution in [2.75, 3.05) is 0 Å². The summed E-state index contributed by atoms with van der Waals surface area (Å²) >= 11 is 0. The number of carboxylic acids is 1. The predicted octanol–water partition coefficient (Wildman–Crippen LogP) is 3.74. The molecule has 1 N–H and O–H groups in total. The third-order valence-electron chi connectivity index (χ3n) is 3.88. The van der Waals surface area contributed by atoms with Gasteiger partial charge in [-0.25, -0.2) is 9.78 Å². The van der Waals surface area contributed by atoms with Crippen LogP contribution in [0.25, 0.3) is 22.4 Å². The molecule has 0 aliphatic heterocycles. The van der Waals surface area contributed by atoms with Crippen molar-refractivity contribution in [2.45, 2.75) is 18.9 Å². The van der Waals surface area contributed by atoms with E-state index in [0.29, 0.717) is 11.6 Å². The van der Waals surface area contributed by atoms with Crippen LogP contribution < -0.4 is 0 Å². The lowest BCUT2D eigenvalue weighted by atomic mass is 10.1. The predicted molar refractivity (Wildman–Crippen MR) is 80.4 cm³/mol. The van der Waals surface area contributed by atoms with Crippen molar-refractivity contribution in [3.8, 4) is 11.4 Å². The van der Waals surface area contributed by atoms with Crippen LogP contribution in [-0.4, -0.2) is 20.6 Å². The molecule has 1 aromatic heterocycles. The van der Waals surface area contributed by atoms with Gasteiger partial charge in [0.25, 0.3) is 0 Å². The second-order valence-electron chi connectivity index (χ2n) is 5.41. The van der Waals surface area contributed by atoms with E-state index >= 15 is 0 Å². The maximum Gasteiger partial charge on any atom is 0.335 e. The summed E-state index contributed by atoms with van der Waals surface area (Å²) in [4.78, 5) is 15.9. The minimum atomic E-state index is -0.911. The number of rotatable bonds is 3. The number of aromatic carboxylic acids is 1. The SMILES string of the molecule is O=C(O)c1cccc(-c2nc3ccccc3n2C2CC2)c1. The van der Waals surface area contributed by atoms with Crippen LogP contribution in [0.2, 0.25) is 0 Å². The van der Waals surface area contributed by atoms with Gasteiger partial charge in [0.1, 0.15) is 5.82 Å². The first-order chi connectivity index (χ1) is 10.2. The number of aromatic nitrogens is 2. The Bertz CT molecular complexity index is 847. The highest BCUT2D eigenvalue weighted by Gasteiger charge is 2.28. The lowest BCUT2D eigenvalue weighted by Gasteiger charge is -2.08. The standard InChI is InChI=1S/C17H14N2O2/c20-17(21)12-5-3-4-11(10-12)16-18-14-6-1-2-7-15(14)19(16)13-8-9-13/h1-7,10,13H,8-9H2,(H,20,21). The third kappa shape index (κ3) is 2.00. The van der Waals surface area contributed by atoms with E-state index in [4.69, 9.17) is 10.1 Å². The average molecular weight is 278 g/mol. The van der Waals surface area contributed by atoms with E-state index in [1.165, 1.54) is 0 Å². The molecule has 1 aliphatic carbocycles. The summed E-state index contributed by atoms with van der Waals surface area (Å²) in [5.41, 5.74) is 3.23. The molecule has 2 aromatic carbocycles. The fraction of sp³-hybridized carbons (Fsp3) is 0.176. The average Bonchev–Trinajstić information content (AvgIpc) is 3.27. The molecule has 4 heteroatoms. The molecule has 0 spiro atoms. The first-order valence-corrected chi connectivity index (χ1v) is 7.05. The number of imidazole rings is 1. The molecule has 3 aromatic rings. The van der Waals surface area contributed by atoms with E-state index in [0.717, 1.165) is 35.3 Å². The molecule has 0 unspecified atom stereocenters. The van der Waals surface area contributed by atoms with Gasteiger partial charge in [0.05, 0.1) is 16.6 Å². The number of carbonyl (C=O) groups is 1. The fourth-order valence-corrected chi connectivity index (χ4v) is 2.74. The normalized spacial score (nSPS) is 14.5. The summed E-state index contributed by atoms with van der Waals surface area (Å²) in [6, 6.07) is 15.6. The summed E-state index contributed by atoms with van der Waals surface area (Å²) < 4.78 is 2.25. The van der Waals surface area contributed by atoms with Gasteiger partial charge in [-0.1, -0.05) is 24.3 Å². The van der Waals surface area contributed by atoms with Crippen LogP contribution in [0.4, 0.5) is 0 Å². The number of fused-ring (bicyclic) bond motifs is 1. The van der Waals surface area contributed by atoms with Crippen LogP contribution in [0.3, 0.4) is 0 Å². The van der Waals surface area contributed by atoms with Crippen LogP contribution in [0.5, 0.6) is 0 Å². The maximum absolute atomic E-state index is 11.2. The van der Waals surface area contributed by atoms with Gasteiger partial charge < -0.3 is 9.67 Å². The zero-order chi connectivity index (χ0) is 14.4. The second-order valence-corrected chi connectivity index (χ2v) is 5.41. The van der Waals surface area contributed by atoms with Gasteiger partial charge in [0, 0.05) is 11.6 Å². The van der Waals surface area contributed by atoms with E-state index in [1.54, 1.807) is 18.2 Å². The lowest BCUT2D eigenvalue weighted by molar-refractivity contribution is 0.0697. The van der Waals surface area contributed by atoms with Gasteiger partial charge in [-0.3, -0.25) is 0 Å². The Morgan fingerprint density at radius 3 is 2.71 bits per heavy atom. The Kier molecular flexibility index (Phi) is 2.57. The van der Waals surface area contributed by atoms with Gasteiger partial charge in [0.2, 0.25) is 0 Å². The Labute approximate surface area is 121 Å². The molecule has 21 heavy (non-hydrogen) atoms. The van der Waals surface area contributed by atoms with E-state index < -0.39 is 5.97 Å². The van der Waals surface area contributed by atoms with Gasteiger partial charge in [-0.2, -0.15) is 0 Å². The number of nitrogens with zero attached hydrogens (tertiary/aromatic N) is 2. The number of carboxylic acid groups (broad SMARTS) is 1. The first kappa shape index (κ1) is 12.1. The van der Waals surface area contributed by atoms with E-state index in [-0.39, 0.29) is 0 Å². The van der Waals surface area contributed by atoms with Crippen molar-refractivity contribution in [1.29, 1.82) is 0 Å². The first-order valence-electron chi connectivity index (χ1n) is 7.05. The lowest BCUT2D eigenvalue weighted by Crippen LogP contribution is -2.00. The van der Waals surface area contributed by atoms with Gasteiger partial charge in [-0.05, 0) is 37.1 Å².